The van der Waals surface area contributed by atoms with Gasteiger partial charge in [-0.3, -0.25) is 0 Å². The standard InChI is InChI=1S/C29H32N4O3/c1-20-6-4-7-22(16-20)19-30-29(34)33-13-5-12-32(14-15-33)28-24-10-9-23(35-3)18-26(24)36-27-17-21(2)8-11-25(27)31-28/h4,6-11,16-18H,5,12-15,19H2,1-3H3,(H,30,34). The Kier molecular flexibility index (Phi) is 6.80. The van der Waals surface area contributed by atoms with E-state index in [4.69, 9.17) is 14.5 Å². The molecule has 0 radical (unpaired) electrons. The fraction of sp³-hybridized carbons (Fsp3) is 0.310. The maximum Gasteiger partial charge on any atom is 0.317 e. The van der Waals surface area contributed by atoms with Crippen molar-refractivity contribution in [1.29, 1.82) is 0 Å². The van der Waals surface area contributed by atoms with Crippen molar-refractivity contribution >= 4 is 17.6 Å². The van der Waals surface area contributed by atoms with Crippen molar-refractivity contribution < 1.29 is 14.3 Å². The molecule has 1 saturated heterocycles. The topological polar surface area (TPSA) is 66.4 Å². The monoisotopic (exact) mass is 484 g/mol. The average Bonchev–Trinajstić information content (AvgIpc) is 3.21. The Morgan fingerprint density at radius 1 is 0.972 bits per heavy atom. The van der Waals surface area contributed by atoms with E-state index < -0.39 is 0 Å². The van der Waals surface area contributed by atoms with Crippen LogP contribution in [0.1, 0.15) is 28.7 Å². The first-order chi connectivity index (χ1) is 17.5. The average molecular weight is 485 g/mol. The molecule has 186 valence electrons. The molecular weight excluding hydrogens is 452 g/mol. The molecular formula is C29H32N4O3. The van der Waals surface area contributed by atoms with Gasteiger partial charge < -0.3 is 24.6 Å². The summed E-state index contributed by atoms with van der Waals surface area (Å²) in [6.45, 7) is 7.42. The van der Waals surface area contributed by atoms with Gasteiger partial charge in [-0.25, -0.2) is 9.79 Å². The van der Waals surface area contributed by atoms with Crippen LogP contribution in [-0.2, 0) is 6.54 Å². The third-order valence-corrected chi connectivity index (χ3v) is 6.60. The summed E-state index contributed by atoms with van der Waals surface area (Å²) >= 11 is 0. The molecule has 36 heavy (non-hydrogen) atoms. The molecule has 1 fully saturated rings. The number of rotatable bonds is 3. The molecule has 7 heteroatoms. The molecule has 5 rings (SSSR count). The van der Waals surface area contributed by atoms with Gasteiger partial charge in [-0.05, 0) is 55.7 Å². The summed E-state index contributed by atoms with van der Waals surface area (Å²) in [5, 5.41) is 3.08. The predicted molar refractivity (Wildman–Crippen MR) is 142 cm³/mol. The molecule has 0 unspecified atom stereocenters. The minimum Gasteiger partial charge on any atom is -0.497 e. The van der Waals surface area contributed by atoms with E-state index in [0.717, 1.165) is 58.4 Å². The molecule has 0 spiro atoms. The highest BCUT2D eigenvalue weighted by atomic mass is 16.5. The fourth-order valence-corrected chi connectivity index (χ4v) is 4.67. The van der Waals surface area contributed by atoms with E-state index in [1.165, 1.54) is 5.56 Å². The number of benzene rings is 3. The second-order valence-corrected chi connectivity index (χ2v) is 9.35. The Morgan fingerprint density at radius 3 is 2.67 bits per heavy atom. The summed E-state index contributed by atoms with van der Waals surface area (Å²) in [7, 11) is 1.65. The van der Waals surface area contributed by atoms with E-state index in [1.54, 1.807) is 7.11 Å². The fourth-order valence-electron chi connectivity index (χ4n) is 4.67. The van der Waals surface area contributed by atoms with Gasteiger partial charge in [0.05, 0.1) is 12.7 Å². The number of amidine groups is 1. The van der Waals surface area contributed by atoms with Gasteiger partial charge in [0, 0.05) is 38.8 Å². The molecule has 2 aliphatic rings. The van der Waals surface area contributed by atoms with Gasteiger partial charge in [-0.2, -0.15) is 0 Å². The molecule has 0 saturated carbocycles. The van der Waals surface area contributed by atoms with E-state index in [0.29, 0.717) is 26.2 Å². The predicted octanol–water partition coefficient (Wildman–Crippen LogP) is 5.41. The van der Waals surface area contributed by atoms with Crippen LogP contribution in [0.15, 0.2) is 65.7 Å². The molecule has 3 aromatic carbocycles. The minimum absolute atomic E-state index is 0.0320. The molecule has 1 N–H and O–H groups in total. The molecule has 2 amide bonds. The van der Waals surface area contributed by atoms with E-state index >= 15 is 0 Å². The van der Waals surface area contributed by atoms with Gasteiger partial charge in [-0.1, -0.05) is 35.9 Å². The maximum absolute atomic E-state index is 12.9. The molecule has 0 aliphatic carbocycles. The second kappa shape index (κ2) is 10.3. The number of nitrogens with zero attached hydrogens (tertiary/aromatic N) is 3. The second-order valence-electron chi connectivity index (χ2n) is 9.35. The summed E-state index contributed by atoms with van der Waals surface area (Å²) in [6, 6.07) is 20.1. The molecule has 3 aromatic rings. The molecule has 0 bridgehead atoms. The van der Waals surface area contributed by atoms with Gasteiger partial charge in [0.15, 0.2) is 5.75 Å². The lowest BCUT2D eigenvalue weighted by Crippen LogP contribution is -2.42. The normalized spacial score (nSPS) is 15.0. The van der Waals surface area contributed by atoms with Crippen molar-refractivity contribution in [2.75, 3.05) is 33.3 Å². The van der Waals surface area contributed by atoms with Crippen molar-refractivity contribution in [2.45, 2.75) is 26.8 Å². The highest BCUT2D eigenvalue weighted by molar-refractivity contribution is 6.04. The number of amides is 2. The first-order valence-electron chi connectivity index (χ1n) is 12.4. The maximum atomic E-state index is 12.9. The van der Waals surface area contributed by atoms with Crippen molar-refractivity contribution in [3.05, 3.63) is 82.9 Å². The van der Waals surface area contributed by atoms with Crippen LogP contribution >= 0.6 is 0 Å². The van der Waals surface area contributed by atoms with E-state index in [9.17, 15) is 4.79 Å². The lowest BCUT2D eigenvalue weighted by Gasteiger charge is -2.25. The number of carbonyl (C=O) groups is 1. The Labute approximate surface area is 212 Å². The first kappa shape index (κ1) is 23.7. The lowest BCUT2D eigenvalue weighted by atomic mass is 10.1. The van der Waals surface area contributed by atoms with Gasteiger partial charge in [0.1, 0.15) is 23.0 Å². The van der Waals surface area contributed by atoms with Gasteiger partial charge >= 0.3 is 6.03 Å². The third kappa shape index (κ3) is 5.15. The number of nitrogens with one attached hydrogen (secondary N) is 1. The van der Waals surface area contributed by atoms with Crippen molar-refractivity contribution in [1.82, 2.24) is 15.1 Å². The highest BCUT2D eigenvalue weighted by Crippen LogP contribution is 2.40. The lowest BCUT2D eigenvalue weighted by molar-refractivity contribution is 0.200. The number of urea groups is 1. The summed E-state index contributed by atoms with van der Waals surface area (Å²) in [5.41, 5.74) is 5.12. The number of carbonyl (C=O) groups excluding carboxylic acids is 1. The molecule has 2 heterocycles. The molecule has 2 aliphatic heterocycles. The van der Waals surface area contributed by atoms with E-state index in [2.05, 4.69) is 29.3 Å². The van der Waals surface area contributed by atoms with Gasteiger partial charge in [-0.15, -0.1) is 0 Å². The minimum atomic E-state index is -0.0320. The quantitative estimate of drug-likeness (QED) is 0.540. The van der Waals surface area contributed by atoms with Crippen molar-refractivity contribution in [2.24, 2.45) is 4.99 Å². The Balaban J connectivity index is 1.35. The zero-order chi connectivity index (χ0) is 25.1. The zero-order valence-corrected chi connectivity index (χ0v) is 21.1. The number of methoxy groups -OCH3 is 1. The number of aliphatic imine (C=N–C) groups is 1. The van der Waals surface area contributed by atoms with Crippen molar-refractivity contribution in [3.8, 4) is 17.2 Å². The van der Waals surface area contributed by atoms with Crippen LogP contribution < -0.4 is 14.8 Å². The number of aryl methyl sites for hydroxylation is 2. The smallest absolute Gasteiger partial charge is 0.317 e. The van der Waals surface area contributed by atoms with Crippen LogP contribution in [0.2, 0.25) is 0 Å². The molecule has 0 aromatic heterocycles. The Bertz CT molecular complexity index is 1300. The largest absolute Gasteiger partial charge is 0.497 e. The summed E-state index contributed by atoms with van der Waals surface area (Å²) in [5.74, 6) is 3.04. The first-order valence-corrected chi connectivity index (χ1v) is 12.4. The van der Waals surface area contributed by atoms with Crippen LogP contribution in [0.25, 0.3) is 0 Å². The summed E-state index contributed by atoms with van der Waals surface area (Å²) in [4.78, 5) is 22.2. The number of hydrogen-bond donors (Lipinski definition) is 1. The van der Waals surface area contributed by atoms with Crippen LogP contribution in [0.4, 0.5) is 10.5 Å². The highest BCUT2D eigenvalue weighted by Gasteiger charge is 2.26. The zero-order valence-electron chi connectivity index (χ0n) is 21.1. The Hall–Kier alpha value is -4.00. The molecule has 0 atom stereocenters. The molecule has 7 nitrogen and oxygen atoms in total. The van der Waals surface area contributed by atoms with Crippen molar-refractivity contribution in [3.63, 3.8) is 0 Å². The summed E-state index contributed by atoms with van der Waals surface area (Å²) < 4.78 is 11.8. The van der Waals surface area contributed by atoms with E-state index in [1.807, 2.05) is 60.4 Å². The van der Waals surface area contributed by atoms with Crippen LogP contribution in [0.5, 0.6) is 17.2 Å². The summed E-state index contributed by atoms with van der Waals surface area (Å²) in [6.07, 6.45) is 0.851. The number of hydrogen-bond acceptors (Lipinski definition) is 5. The van der Waals surface area contributed by atoms with Gasteiger partial charge in [0.2, 0.25) is 0 Å². The van der Waals surface area contributed by atoms with Crippen LogP contribution in [-0.4, -0.2) is 55.0 Å². The van der Waals surface area contributed by atoms with Crippen LogP contribution in [0.3, 0.4) is 0 Å². The SMILES string of the molecule is COc1ccc2c(c1)Oc1cc(C)ccc1N=C2N1CCCN(C(=O)NCc2cccc(C)c2)CC1. The van der Waals surface area contributed by atoms with Crippen LogP contribution in [0, 0.1) is 13.8 Å². The number of fused-ring (bicyclic) bond motifs is 2. The van der Waals surface area contributed by atoms with E-state index in [-0.39, 0.29) is 6.03 Å². The van der Waals surface area contributed by atoms with Gasteiger partial charge in [0.25, 0.3) is 0 Å². The third-order valence-electron chi connectivity index (χ3n) is 6.60. The Morgan fingerprint density at radius 2 is 1.83 bits per heavy atom. The number of ether oxygens (including phenoxy) is 2.